The zero-order valence-corrected chi connectivity index (χ0v) is 6.84. The van der Waals surface area contributed by atoms with Crippen molar-refractivity contribution in [2.75, 3.05) is 0 Å². The highest BCUT2D eigenvalue weighted by atomic mass is 16.4. The fourth-order valence-electron chi connectivity index (χ4n) is 1.49. The van der Waals surface area contributed by atoms with E-state index in [4.69, 9.17) is 5.11 Å². The number of carboxylic acid groups (broad SMARTS) is 1. The van der Waals surface area contributed by atoms with Crippen LogP contribution in [-0.4, -0.2) is 11.1 Å². The van der Waals surface area contributed by atoms with Crippen LogP contribution in [-0.2, 0) is 4.79 Å². The van der Waals surface area contributed by atoms with Gasteiger partial charge in [0.2, 0.25) is 0 Å². The molecule has 0 amide bonds. The van der Waals surface area contributed by atoms with Crippen molar-refractivity contribution in [3.8, 4) is 0 Å². The van der Waals surface area contributed by atoms with Gasteiger partial charge in [0.25, 0.3) is 0 Å². The Bertz CT molecular complexity index is 182. The predicted octanol–water partition coefficient (Wildman–Crippen LogP) is 2.21. The van der Waals surface area contributed by atoms with Crippen molar-refractivity contribution in [2.45, 2.75) is 32.6 Å². The third kappa shape index (κ3) is 2.07. The molecule has 1 rings (SSSR count). The van der Waals surface area contributed by atoms with Gasteiger partial charge in [-0.25, -0.2) is 0 Å². The summed E-state index contributed by atoms with van der Waals surface area (Å²) in [6.07, 6.45) is 5.72. The Labute approximate surface area is 66.9 Å². The molecule has 0 radical (unpaired) electrons. The molecule has 1 aliphatic rings. The Kier molecular flexibility index (Phi) is 2.69. The van der Waals surface area contributed by atoms with Crippen molar-refractivity contribution in [3.63, 3.8) is 0 Å². The molecule has 2 nitrogen and oxygen atoms in total. The van der Waals surface area contributed by atoms with Crippen LogP contribution in [0.5, 0.6) is 0 Å². The summed E-state index contributed by atoms with van der Waals surface area (Å²) >= 11 is 0. The van der Waals surface area contributed by atoms with Crippen molar-refractivity contribution in [1.82, 2.24) is 0 Å². The summed E-state index contributed by atoms with van der Waals surface area (Å²) in [6, 6.07) is 0. The van der Waals surface area contributed by atoms with Crippen LogP contribution in [0.15, 0.2) is 11.6 Å². The average Bonchev–Trinajstić information content (AvgIpc) is 2.05. The standard InChI is InChI=1S/C9H14O2/c1-2-7-4-3-5-8(6-7)9(10)11/h4,8H,2-3,5-6H2,1H3,(H,10,11). The van der Waals surface area contributed by atoms with Gasteiger partial charge in [-0.1, -0.05) is 18.6 Å². The van der Waals surface area contributed by atoms with Crippen molar-refractivity contribution < 1.29 is 9.90 Å². The molecule has 11 heavy (non-hydrogen) atoms. The minimum atomic E-state index is -0.635. The SMILES string of the molecule is CCC1=CCCC(C(=O)O)C1. The van der Waals surface area contributed by atoms with E-state index in [1.807, 2.05) is 0 Å². The lowest BCUT2D eigenvalue weighted by Crippen LogP contribution is -2.16. The van der Waals surface area contributed by atoms with E-state index in [-0.39, 0.29) is 5.92 Å². The molecule has 0 saturated carbocycles. The van der Waals surface area contributed by atoms with Crippen LogP contribution in [0.3, 0.4) is 0 Å². The van der Waals surface area contributed by atoms with Gasteiger partial charge >= 0.3 is 5.97 Å². The molecule has 1 atom stereocenters. The largest absolute Gasteiger partial charge is 0.481 e. The first-order valence-corrected chi connectivity index (χ1v) is 4.14. The fourth-order valence-corrected chi connectivity index (χ4v) is 1.49. The van der Waals surface area contributed by atoms with E-state index in [0.29, 0.717) is 0 Å². The number of aliphatic carboxylic acids is 1. The molecule has 0 saturated heterocycles. The zero-order chi connectivity index (χ0) is 8.27. The smallest absolute Gasteiger partial charge is 0.306 e. The molecule has 0 aliphatic heterocycles. The van der Waals surface area contributed by atoms with E-state index in [1.165, 1.54) is 5.57 Å². The lowest BCUT2D eigenvalue weighted by atomic mass is 9.88. The van der Waals surface area contributed by atoms with Crippen LogP contribution in [0.2, 0.25) is 0 Å². The second-order valence-electron chi connectivity index (χ2n) is 3.03. The topological polar surface area (TPSA) is 37.3 Å². The predicted molar refractivity (Wildman–Crippen MR) is 43.4 cm³/mol. The molecule has 0 spiro atoms. The maximum atomic E-state index is 10.6. The fraction of sp³-hybridized carbons (Fsp3) is 0.667. The molecule has 0 fully saturated rings. The Morgan fingerprint density at radius 2 is 2.55 bits per heavy atom. The molecule has 0 heterocycles. The van der Waals surface area contributed by atoms with Crippen molar-refractivity contribution in [3.05, 3.63) is 11.6 Å². The molecule has 0 aromatic heterocycles. The maximum absolute atomic E-state index is 10.6. The first-order valence-electron chi connectivity index (χ1n) is 4.14. The van der Waals surface area contributed by atoms with E-state index in [9.17, 15) is 4.79 Å². The summed E-state index contributed by atoms with van der Waals surface area (Å²) in [5.74, 6) is -0.751. The normalized spacial score (nSPS) is 24.5. The second-order valence-corrected chi connectivity index (χ2v) is 3.03. The van der Waals surface area contributed by atoms with Gasteiger partial charge in [0.1, 0.15) is 0 Å². The van der Waals surface area contributed by atoms with E-state index in [1.54, 1.807) is 0 Å². The summed E-state index contributed by atoms with van der Waals surface area (Å²) in [5, 5.41) is 8.72. The first kappa shape index (κ1) is 8.31. The molecular weight excluding hydrogens is 140 g/mol. The third-order valence-electron chi connectivity index (χ3n) is 2.26. The molecule has 0 bridgehead atoms. The van der Waals surface area contributed by atoms with E-state index >= 15 is 0 Å². The van der Waals surface area contributed by atoms with Gasteiger partial charge < -0.3 is 5.11 Å². The van der Waals surface area contributed by atoms with E-state index < -0.39 is 5.97 Å². The van der Waals surface area contributed by atoms with Gasteiger partial charge in [-0.3, -0.25) is 4.79 Å². The van der Waals surface area contributed by atoms with Crippen LogP contribution in [0, 0.1) is 5.92 Å². The van der Waals surface area contributed by atoms with Crippen LogP contribution in [0.25, 0.3) is 0 Å². The molecule has 1 aliphatic carbocycles. The maximum Gasteiger partial charge on any atom is 0.306 e. The molecule has 2 heteroatoms. The van der Waals surface area contributed by atoms with Gasteiger partial charge in [-0.2, -0.15) is 0 Å². The van der Waals surface area contributed by atoms with Gasteiger partial charge in [0.15, 0.2) is 0 Å². The second kappa shape index (κ2) is 3.56. The average molecular weight is 154 g/mol. The molecule has 0 aromatic rings. The van der Waals surface area contributed by atoms with Gasteiger partial charge in [-0.05, 0) is 25.7 Å². The van der Waals surface area contributed by atoms with Gasteiger partial charge in [0, 0.05) is 0 Å². The quantitative estimate of drug-likeness (QED) is 0.619. The van der Waals surface area contributed by atoms with Crippen molar-refractivity contribution in [1.29, 1.82) is 0 Å². The van der Waals surface area contributed by atoms with Crippen molar-refractivity contribution in [2.24, 2.45) is 5.92 Å². The molecule has 1 N–H and O–H groups in total. The summed E-state index contributed by atoms with van der Waals surface area (Å²) in [7, 11) is 0. The zero-order valence-electron chi connectivity index (χ0n) is 6.84. The molecule has 62 valence electrons. The third-order valence-corrected chi connectivity index (χ3v) is 2.26. The molecule has 1 unspecified atom stereocenters. The highest BCUT2D eigenvalue weighted by molar-refractivity contribution is 5.70. The minimum absolute atomic E-state index is 0.116. The first-order chi connectivity index (χ1) is 5.24. The van der Waals surface area contributed by atoms with Crippen LogP contribution >= 0.6 is 0 Å². The molecule has 0 aromatic carbocycles. The summed E-state index contributed by atoms with van der Waals surface area (Å²) in [5.41, 5.74) is 1.31. The van der Waals surface area contributed by atoms with Gasteiger partial charge in [-0.15, -0.1) is 0 Å². The number of hydrogen-bond acceptors (Lipinski definition) is 1. The number of allylic oxidation sites excluding steroid dienone is 2. The Balaban J connectivity index is 2.53. The Hall–Kier alpha value is -0.790. The number of hydrogen-bond donors (Lipinski definition) is 1. The number of rotatable bonds is 2. The van der Waals surface area contributed by atoms with E-state index in [2.05, 4.69) is 13.0 Å². The van der Waals surface area contributed by atoms with E-state index in [0.717, 1.165) is 25.7 Å². The summed E-state index contributed by atoms with van der Waals surface area (Å²) < 4.78 is 0. The Morgan fingerprint density at radius 1 is 1.82 bits per heavy atom. The Morgan fingerprint density at radius 3 is 3.09 bits per heavy atom. The highest BCUT2D eigenvalue weighted by Gasteiger charge is 2.20. The molecular formula is C9H14O2. The lowest BCUT2D eigenvalue weighted by molar-refractivity contribution is -0.142. The number of carbonyl (C=O) groups is 1. The van der Waals surface area contributed by atoms with Crippen LogP contribution < -0.4 is 0 Å². The minimum Gasteiger partial charge on any atom is -0.481 e. The van der Waals surface area contributed by atoms with Gasteiger partial charge in [0.05, 0.1) is 5.92 Å². The van der Waals surface area contributed by atoms with Crippen LogP contribution in [0.4, 0.5) is 0 Å². The monoisotopic (exact) mass is 154 g/mol. The number of carboxylic acids is 1. The summed E-state index contributed by atoms with van der Waals surface area (Å²) in [6.45, 7) is 2.08. The summed E-state index contributed by atoms with van der Waals surface area (Å²) in [4.78, 5) is 10.6. The van der Waals surface area contributed by atoms with Crippen LogP contribution in [0.1, 0.15) is 32.6 Å². The highest BCUT2D eigenvalue weighted by Crippen LogP contribution is 2.25. The van der Waals surface area contributed by atoms with Crippen molar-refractivity contribution >= 4 is 5.97 Å². The lowest BCUT2D eigenvalue weighted by Gasteiger charge is -2.17.